The molecule has 5 nitrogen and oxygen atoms in total. The molecule has 1 amide bonds. The second kappa shape index (κ2) is 4.44. The van der Waals surface area contributed by atoms with E-state index in [-0.39, 0.29) is 11.7 Å². The summed E-state index contributed by atoms with van der Waals surface area (Å²) in [6.45, 7) is 1.91. The van der Waals surface area contributed by atoms with E-state index in [1.54, 1.807) is 12.3 Å². The number of pyridine rings is 1. The highest BCUT2D eigenvalue weighted by Gasteiger charge is 2.10. The number of halogens is 1. The van der Waals surface area contributed by atoms with Crippen molar-refractivity contribution in [2.75, 3.05) is 5.32 Å². The molecule has 16 heavy (non-hydrogen) atoms. The number of amides is 1. The van der Waals surface area contributed by atoms with Crippen molar-refractivity contribution >= 4 is 27.7 Å². The van der Waals surface area contributed by atoms with Gasteiger partial charge in [0.1, 0.15) is 5.82 Å². The van der Waals surface area contributed by atoms with Crippen molar-refractivity contribution in [1.82, 2.24) is 10.1 Å². The van der Waals surface area contributed by atoms with Crippen LogP contribution in [-0.4, -0.2) is 16.0 Å². The molecular formula is C10H8BrN3O2. The number of carbonyl (C=O) groups is 1. The molecule has 0 radical (unpaired) electrons. The van der Waals surface area contributed by atoms with Crippen LogP contribution in [-0.2, 0) is 0 Å². The first-order chi connectivity index (χ1) is 7.66. The molecule has 0 aromatic carbocycles. The summed E-state index contributed by atoms with van der Waals surface area (Å²) in [5, 5.41) is 6.06. The van der Waals surface area contributed by atoms with Gasteiger partial charge in [0, 0.05) is 16.7 Å². The number of hydrogen-bond acceptors (Lipinski definition) is 4. The van der Waals surface area contributed by atoms with Crippen LogP contribution in [0.5, 0.6) is 0 Å². The minimum atomic E-state index is -0.369. The van der Waals surface area contributed by atoms with Gasteiger partial charge in [0.2, 0.25) is 5.76 Å². The molecule has 0 saturated carbocycles. The molecule has 2 heterocycles. The largest absolute Gasteiger partial charge is 0.351 e. The molecule has 0 bridgehead atoms. The van der Waals surface area contributed by atoms with Gasteiger partial charge < -0.3 is 9.84 Å². The third-order valence-electron chi connectivity index (χ3n) is 1.95. The van der Waals surface area contributed by atoms with Crippen LogP contribution >= 0.6 is 15.9 Å². The molecule has 0 aliphatic heterocycles. The second-order valence-corrected chi connectivity index (χ2v) is 4.00. The summed E-state index contributed by atoms with van der Waals surface area (Å²) < 4.78 is 5.62. The van der Waals surface area contributed by atoms with Gasteiger partial charge in [0.25, 0.3) is 5.91 Å². The van der Waals surface area contributed by atoms with E-state index in [2.05, 4.69) is 31.4 Å². The Morgan fingerprint density at radius 3 is 3.00 bits per heavy atom. The fourth-order valence-corrected chi connectivity index (χ4v) is 1.34. The van der Waals surface area contributed by atoms with E-state index in [0.717, 1.165) is 10.0 Å². The molecule has 0 fully saturated rings. The molecule has 0 aliphatic rings. The lowest BCUT2D eigenvalue weighted by atomic mass is 10.3. The van der Waals surface area contributed by atoms with E-state index in [4.69, 9.17) is 4.52 Å². The van der Waals surface area contributed by atoms with Crippen molar-refractivity contribution < 1.29 is 9.32 Å². The van der Waals surface area contributed by atoms with Crippen molar-refractivity contribution in [2.24, 2.45) is 0 Å². The van der Waals surface area contributed by atoms with Gasteiger partial charge in [-0.2, -0.15) is 0 Å². The van der Waals surface area contributed by atoms with Gasteiger partial charge in [0.15, 0.2) is 0 Å². The number of anilines is 1. The Bertz CT molecular complexity index is 511. The fraction of sp³-hybridized carbons (Fsp3) is 0.100. The zero-order valence-corrected chi connectivity index (χ0v) is 9.98. The second-order valence-electron chi connectivity index (χ2n) is 3.15. The lowest BCUT2D eigenvalue weighted by molar-refractivity contribution is 0.0987. The molecule has 0 spiro atoms. The van der Waals surface area contributed by atoms with Crippen LogP contribution in [0.3, 0.4) is 0 Å². The first-order valence-corrected chi connectivity index (χ1v) is 5.30. The van der Waals surface area contributed by atoms with E-state index in [1.165, 1.54) is 12.3 Å². The molecular weight excluding hydrogens is 274 g/mol. The standard InChI is InChI=1S/C10H8BrN3O2/c1-6-4-9(12-5-7(6)11)14-10(15)8-2-3-13-16-8/h2-5H,1H3,(H,12,14,15). The zero-order valence-electron chi connectivity index (χ0n) is 8.40. The summed E-state index contributed by atoms with van der Waals surface area (Å²) in [5.41, 5.74) is 0.989. The first-order valence-electron chi connectivity index (χ1n) is 4.51. The molecule has 1 N–H and O–H groups in total. The van der Waals surface area contributed by atoms with E-state index >= 15 is 0 Å². The zero-order chi connectivity index (χ0) is 11.5. The van der Waals surface area contributed by atoms with Crippen molar-refractivity contribution in [2.45, 2.75) is 6.92 Å². The van der Waals surface area contributed by atoms with Gasteiger partial charge in [-0.15, -0.1) is 0 Å². The van der Waals surface area contributed by atoms with Crippen molar-refractivity contribution in [3.8, 4) is 0 Å². The number of carbonyl (C=O) groups excluding carboxylic acids is 1. The van der Waals surface area contributed by atoms with Crippen LogP contribution in [0, 0.1) is 6.92 Å². The highest BCUT2D eigenvalue weighted by molar-refractivity contribution is 9.10. The Labute approximate surface area is 100.0 Å². The molecule has 2 aromatic heterocycles. The van der Waals surface area contributed by atoms with Crippen LogP contribution in [0.2, 0.25) is 0 Å². The SMILES string of the molecule is Cc1cc(NC(=O)c2ccno2)ncc1Br. The van der Waals surface area contributed by atoms with E-state index in [9.17, 15) is 4.79 Å². The van der Waals surface area contributed by atoms with Gasteiger partial charge in [-0.1, -0.05) is 5.16 Å². The average molecular weight is 282 g/mol. The smallest absolute Gasteiger partial charge is 0.295 e. The predicted octanol–water partition coefficient (Wildman–Crippen LogP) is 2.39. The van der Waals surface area contributed by atoms with Gasteiger partial charge in [-0.05, 0) is 34.5 Å². The van der Waals surface area contributed by atoms with Gasteiger partial charge in [-0.25, -0.2) is 4.98 Å². The number of hydrogen-bond donors (Lipinski definition) is 1. The predicted molar refractivity (Wildman–Crippen MR) is 61.1 cm³/mol. The fourth-order valence-electron chi connectivity index (χ4n) is 1.12. The lowest BCUT2D eigenvalue weighted by Gasteiger charge is -2.03. The summed E-state index contributed by atoms with van der Waals surface area (Å²) in [5.74, 6) is 0.260. The van der Waals surface area contributed by atoms with Crippen molar-refractivity contribution in [3.05, 3.63) is 40.3 Å². The number of nitrogens with one attached hydrogen (secondary N) is 1. The highest BCUT2D eigenvalue weighted by Crippen LogP contribution is 2.17. The molecule has 2 rings (SSSR count). The minimum Gasteiger partial charge on any atom is -0.351 e. The third-order valence-corrected chi connectivity index (χ3v) is 2.78. The summed E-state index contributed by atoms with van der Waals surface area (Å²) in [7, 11) is 0. The molecule has 0 unspecified atom stereocenters. The van der Waals surface area contributed by atoms with Crippen LogP contribution in [0.4, 0.5) is 5.82 Å². The Morgan fingerprint density at radius 2 is 2.38 bits per heavy atom. The van der Waals surface area contributed by atoms with Crippen molar-refractivity contribution in [1.29, 1.82) is 0 Å². The maximum Gasteiger partial charge on any atom is 0.295 e. The normalized spacial score (nSPS) is 10.1. The van der Waals surface area contributed by atoms with E-state index in [0.29, 0.717) is 5.82 Å². The van der Waals surface area contributed by atoms with Crippen LogP contribution in [0.15, 0.2) is 33.5 Å². The topological polar surface area (TPSA) is 68.0 Å². The van der Waals surface area contributed by atoms with Crippen LogP contribution < -0.4 is 5.32 Å². The molecule has 0 aliphatic carbocycles. The van der Waals surface area contributed by atoms with Crippen LogP contribution in [0.25, 0.3) is 0 Å². The molecule has 0 saturated heterocycles. The summed E-state index contributed by atoms with van der Waals surface area (Å²) >= 11 is 3.33. The van der Waals surface area contributed by atoms with Gasteiger partial charge >= 0.3 is 0 Å². The first kappa shape index (κ1) is 10.8. The summed E-state index contributed by atoms with van der Waals surface area (Å²) in [4.78, 5) is 15.6. The number of aryl methyl sites for hydroxylation is 1. The van der Waals surface area contributed by atoms with E-state index in [1.807, 2.05) is 6.92 Å². The quantitative estimate of drug-likeness (QED) is 0.918. The Kier molecular flexibility index (Phi) is 3.00. The number of aromatic nitrogens is 2. The lowest BCUT2D eigenvalue weighted by Crippen LogP contribution is -2.12. The Hall–Kier alpha value is -1.69. The van der Waals surface area contributed by atoms with Crippen molar-refractivity contribution in [3.63, 3.8) is 0 Å². The number of rotatable bonds is 2. The monoisotopic (exact) mass is 281 g/mol. The maximum absolute atomic E-state index is 11.6. The van der Waals surface area contributed by atoms with Crippen LogP contribution in [0.1, 0.15) is 16.1 Å². The van der Waals surface area contributed by atoms with E-state index < -0.39 is 0 Å². The third kappa shape index (κ3) is 2.27. The molecule has 82 valence electrons. The Balaban J connectivity index is 2.15. The van der Waals surface area contributed by atoms with Gasteiger partial charge in [0.05, 0.1) is 6.20 Å². The number of nitrogens with zero attached hydrogens (tertiary/aromatic N) is 2. The minimum absolute atomic E-state index is 0.155. The molecule has 0 atom stereocenters. The summed E-state index contributed by atoms with van der Waals surface area (Å²) in [6.07, 6.45) is 3.04. The highest BCUT2D eigenvalue weighted by atomic mass is 79.9. The summed E-state index contributed by atoms with van der Waals surface area (Å²) in [6, 6.07) is 3.25. The molecule has 6 heteroatoms. The van der Waals surface area contributed by atoms with Gasteiger partial charge in [-0.3, -0.25) is 4.79 Å². The average Bonchev–Trinajstić information content (AvgIpc) is 2.77. The molecule has 2 aromatic rings. The Morgan fingerprint density at radius 1 is 1.56 bits per heavy atom. The maximum atomic E-state index is 11.6.